The molecule has 0 fully saturated rings. The fraction of sp³-hybridized carbons (Fsp3) is 0.375. The maximum absolute atomic E-state index is 3.88. The van der Waals surface area contributed by atoms with Gasteiger partial charge in [0, 0.05) is 0 Å². The Balaban J connectivity index is 2.76. The van der Waals surface area contributed by atoms with Crippen LogP contribution in [0.5, 0.6) is 0 Å². The maximum atomic E-state index is 3.88. The zero-order valence-corrected chi connectivity index (χ0v) is 8.50. The van der Waals surface area contributed by atoms with Gasteiger partial charge < -0.3 is 0 Å². The summed E-state index contributed by atoms with van der Waals surface area (Å²) in [5, 5.41) is 0. The molecule has 1 aliphatic rings. The van der Waals surface area contributed by atoms with Crippen LogP contribution in [0.15, 0.2) is 21.9 Å². The molecule has 0 aromatic rings. The van der Waals surface area contributed by atoms with Gasteiger partial charge in [-0.1, -0.05) is 0 Å². The van der Waals surface area contributed by atoms with Crippen molar-refractivity contribution in [3.63, 3.8) is 0 Å². The third-order valence-corrected chi connectivity index (χ3v) is 3.07. The molecule has 10 heavy (non-hydrogen) atoms. The van der Waals surface area contributed by atoms with E-state index in [-0.39, 0.29) is 21.5 Å². The Morgan fingerprint density at radius 3 is 2.70 bits per heavy atom. The Bertz CT molecular complexity index is 201. The standard InChI is InChI=1S/C8H12IN/c1-7(2)8-4-5-9-10(3)6-8/h4-7H,3H2,1-2H3. The molecule has 0 saturated heterocycles. The third-order valence-electron chi connectivity index (χ3n) is 1.39. The summed E-state index contributed by atoms with van der Waals surface area (Å²) in [6.45, 7) is 8.29. The van der Waals surface area contributed by atoms with Gasteiger partial charge in [-0.25, -0.2) is 0 Å². The summed E-state index contributed by atoms with van der Waals surface area (Å²) in [7, 11) is 0. The van der Waals surface area contributed by atoms with E-state index in [9.17, 15) is 0 Å². The van der Waals surface area contributed by atoms with E-state index in [0.717, 1.165) is 0 Å². The molecule has 0 aromatic heterocycles. The van der Waals surface area contributed by atoms with Crippen molar-refractivity contribution in [1.82, 2.24) is 0 Å². The Labute approximate surface area is 72.8 Å². The average molecular weight is 249 g/mol. The molecule has 0 aromatic carbocycles. The first-order valence-electron chi connectivity index (χ1n) is 3.32. The molecule has 0 amide bonds. The van der Waals surface area contributed by atoms with Crippen LogP contribution in [0.4, 0.5) is 0 Å². The van der Waals surface area contributed by atoms with Gasteiger partial charge in [-0.05, 0) is 0 Å². The van der Waals surface area contributed by atoms with Gasteiger partial charge in [-0.15, -0.1) is 0 Å². The summed E-state index contributed by atoms with van der Waals surface area (Å²) in [5.41, 5.74) is 1.39. The summed E-state index contributed by atoms with van der Waals surface area (Å²) < 4.78 is 4.31. The average Bonchev–Trinajstić information content (AvgIpc) is 1.88. The Morgan fingerprint density at radius 1 is 1.60 bits per heavy atom. The second-order valence-corrected chi connectivity index (χ2v) is 5.09. The first-order chi connectivity index (χ1) is 4.70. The predicted molar refractivity (Wildman–Crippen MR) is 39.4 cm³/mol. The van der Waals surface area contributed by atoms with Gasteiger partial charge in [0.1, 0.15) is 0 Å². The van der Waals surface area contributed by atoms with Crippen LogP contribution in [0.25, 0.3) is 0 Å². The predicted octanol–water partition coefficient (Wildman–Crippen LogP) is -1.23. The van der Waals surface area contributed by atoms with Crippen LogP contribution in [-0.4, -0.2) is 9.51 Å². The van der Waals surface area contributed by atoms with Crippen LogP contribution in [0.3, 0.4) is 0 Å². The number of hydrogen-bond donors (Lipinski definition) is 0. The number of allylic oxidation sites excluding steroid dienone is 2. The third kappa shape index (κ3) is 1.94. The van der Waals surface area contributed by atoms with E-state index in [1.807, 2.05) is 0 Å². The van der Waals surface area contributed by atoms with Crippen LogP contribution >= 0.6 is 0 Å². The van der Waals surface area contributed by atoms with Crippen molar-refractivity contribution >= 4 is 6.72 Å². The molecule has 0 spiro atoms. The van der Waals surface area contributed by atoms with E-state index in [1.165, 1.54) is 5.57 Å². The molecule has 0 N–H and O–H groups in total. The minimum atomic E-state index is 0.0645. The molecule has 1 aliphatic heterocycles. The van der Waals surface area contributed by atoms with E-state index >= 15 is 0 Å². The molecule has 0 aliphatic carbocycles. The molecule has 0 radical (unpaired) electrons. The van der Waals surface area contributed by atoms with Crippen molar-refractivity contribution in [2.24, 2.45) is 5.92 Å². The topological polar surface area (TPSA) is 3.01 Å². The van der Waals surface area contributed by atoms with Crippen molar-refractivity contribution in [2.45, 2.75) is 13.8 Å². The molecule has 0 saturated carbocycles. The van der Waals surface area contributed by atoms with Crippen LogP contribution in [-0.2, 0) is 0 Å². The van der Waals surface area contributed by atoms with Gasteiger partial charge in [0.15, 0.2) is 0 Å². The monoisotopic (exact) mass is 249 g/mol. The van der Waals surface area contributed by atoms with Crippen LogP contribution in [0.1, 0.15) is 13.8 Å². The summed E-state index contributed by atoms with van der Waals surface area (Å²) >= 11 is 0.0645. The quantitative estimate of drug-likeness (QED) is 0.404. The molecule has 1 nitrogen and oxygen atoms in total. The van der Waals surface area contributed by atoms with Crippen molar-refractivity contribution in [3.8, 4) is 0 Å². The molecule has 2 heteroatoms. The van der Waals surface area contributed by atoms with Gasteiger partial charge in [0.05, 0.1) is 0 Å². The summed E-state index contributed by atoms with van der Waals surface area (Å²) in [4.78, 5) is 0. The summed E-state index contributed by atoms with van der Waals surface area (Å²) in [5.74, 6) is 0.629. The van der Waals surface area contributed by atoms with Crippen LogP contribution < -0.4 is 21.5 Å². The second kappa shape index (κ2) is 3.32. The second-order valence-electron chi connectivity index (χ2n) is 2.57. The van der Waals surface area contributed by atoms with Crippen molar-refractivity contribution in [3.05, 3.63) is 21.9 Å². The Kier molecular flexibility index (Phi) is 2.65. The van der Waals surface area contributed by atoms with E-state index in [1.54, 1.807) is 0 Å². The fourth-order valence-electron chi connectivity index (χ4n) is 0.748. The first kappa shape index (κ1) is 7.98. The Hall–Kier alpha value is -0.120. The van der Waals surface area contributed by atoms with E-state index < -0.39 is 0 Å². The SMILES string of the molecule is C=[N+]1C=C(C(C)C)C=C[I-]1. The number of halogens is 1. The van der Waals surface area contributed by atoms with Crippen LogP contribution in [0.2, 0.25) is 0 Å². The molecule has 0 bridgehead atoms. The van der Waals surface area contributed by atoms with Crippen molar-refractivity contribution < 1.29 is 24.3 Å². The number of nitrogens with zero attached hydrogens (tertiary/aromatic N) is 1. The van der Waals surface area contributed by atoms with Gasteiger partial charge in [0.25, 0.3) is 0 Å². The number of rotatable bonds is 1. The van der Waals surface area contributed by atoms with Gasteiger partial charge in [0.2, 0.25) is 0 Å². The van der Waals surface area contributed by atoms with Crippen molar-refractivity contribution in [1.29, 1.82) is 0 Å². The molecule has 0 atom stereocenters. The zero-order valence-electron chi connectivity index (χ0n) is 6.34. The van der Waals surface area contributed by atoms with E-state index in [4.69, 9.17) is 0 Å². The molecular formula is C8H12IN. The normalized spacial score (nSPS) is 18.7. The van der Waals surface area contributed by atoms with Gasteiger partial charge >= 0.3 is 72.7 Å². The molecular weight excluding hydrogens is 237 g/mol. The molecule has 56 valence electrons. The first-order valence-corrected chi connectivity index (χ1v) is 5.53. The van der Waals surface area contributed by atoms with Crippen LogP contribution in [0, 0.1) is 5.92 Å². The number of hydrogen-bond acceptors (Lipinski definition) is 0. The Morgan fingerprint density at radius 2 is 2.30 bits per heavy atom. The van der Waals surface area contributed by atoms with Gasteiger partial charge in [-0.3, -0.25) is 0 Å². The zero-order chi connectivity index (χ0) is 7.56. The van der Waals surface area contributed by atoms with E-state index in [0.29, 0.717) is 5.92 Å². The fourth-order valence-corrected chi connectivity index (χ4v) is 2.22. The molecule has 1 heterocycles. The van der Waals surface area contributed by atoms with Gasteiger partial charge in [-0.2, -0.15) is 0 Å². The van der Waals surface area contributed by atoms with E-state index in [2.05, 4.69) is 39.7 Å². The molecule has 1 rings (SSSR count). The molecule has 0 unspecified atom stereocenters. The van der Waals surface area contributed by atoms with Crippen molar-refractivity contribution in [2.75, 3.05) is 0 Å². The summed E-state index contributed by atoms with van der Waals surface area (Å²) in [6.07, 6.45) is 4.37. The summed E-state index contributed by atoms with van der Waals surface area (Å²) in [6, 6.07) is 0. The minimum absolute atomic E-state index is 0.0645.